The first kappa shape index (κ1) is 19.2. The van der Waals surface area contributed by atoms with Gasteiger partial charge in [-0.2, -0.15) is 0 Å². The molecule has 2 aliphatic rings. The number of nitrogens with zero attached hydrogens (tertiary/aromatic N) is 4. The second-order valence-corrected chi connectivity index (χ2v) is 8.34. The number of carbonyl (C=O) groups excluding carboxylic acids is 1. The second-order valence-electron chi connectivity index (χ2n) is 7.90. The molecule has 4 heterocycles. The Kier molecular flexibility index (Phi) is 5.00. The molecule has 0 saturated carbocycles. The number of ether oxygens (including phenoxy) is 1. The maximum atomic E-state index is 13.2. The van der Waals surface area contributed by atoms with Gasteiger partial charge in [-0.25, -0.2) is 0 Å². The number of rotatable bonds is 3. The van der Waals surface area contributed by atoms with E-state index in [4.69, 9.17) is 20.8 Å². The summed E-state index contributed by atoms with van der Waals surface area (Å²) in [6.45, 7) is 2.50. The molecule has 0 aliphatic carbocycles. The Morgan fingerprint density at radius 3 is 2.70 bits per heavy atom. The van der Waals surface area contributed by atoms with Crippen LogP contribution in [0.3, 0.4) is 0 Å². The van der Waals surface area contributed by atoms with Gasteiger partial charge in [-0.15, -0.1) is 10.2 Å². The molecule has 1 aromatic carbocycles. The van der Waals surface area contributed by atoms with E-state index in [9.17, 15) is 4.79 Å². The lowest BCUT2D eigenvalue weighted by Crippen LogP contribution is -2.37. The molecule has 0 radical (unpaired) electrons. The molecule has 154 valence electrons. The third kappa shape index (κ3) is 3.48. The zero-order valence-corrected chi connectivity index (χ0v) is 17.1. The van der Waals surface area contributed by atoms with E-state index in [0.717, 1.165) is 18.4 Å². The minimum Gasteiger partial charge on any atom is -0.420 e. The van der Waals surface area contributed by atoms with E-state index in [1.54, 1.807) is 36.7 Å². The van der Waals surface area contributed by atoms with Gasteiger partial charge in [-0.1, -0.05) is 17.7 Å². The number of benzene rings is 1. The summed E-state index contributed by atoms with van der Waals surface area (Å²) in [5.41, 5.74) is 1.29. The smallest absolute Gasteiger partial charge is 0.253 e. The van der Waals surface area contributed by atoms with Gasteiger partial charge in [0.05, 0.1) is 5.92 Å². The van der Waals surface area contributed by atoms with Crippen LogP contribution in [-0.2, 0) is 4.74 Å². The Morgan fingerprint density at radius 1 is 1.13 bits per heavy atom. The van der Waals surface area contributed by atoms with Crippen molar-refractivity contribution < 1.29 is 13.9 Å². The van der Waals surface area contributed by atoms with Crippen molar-refractivity contribution in [3.63, 3.8) is 0 Å². The number of halogens is 1. The highest BCUT2D eigenvalue weighted by Gasteiger charge is 2.51. The van der Waals surface area contributed by atoms with Crippen molar-refractivity contribution in [1.29, 1.82) is 0 Å². The second kappa shape index (κ2) is 7.81. The first-order chi connectivity index (χ1) is 14.6. The standard InChI is InChI=1S/C22H21ClN4O3/c23-17-3-1-2-16(12-17)21(28)27-13-18(22(14-27)6-10-29-11-7-22)20-26-25-19(30-20)15-4-8-24-9-5-15/h1-5,8-9,12,18H,6-7,10-11,13-14H2. The number of hydrogen-bond acceptors (Lipinski definition) is 6. The van der Waals surface area contributed by atoms with Crippen LogP contribution in [0.1, 0.15) is 35.0 Å². The van der Waals surface area contributed by atoms with Crippen molar-refractivity contribution in [3.05, 3.63) is 65.3 Å². The fraction of sp³-hybridized carbons (Fsp3) is 0.364. The molecule has 5 rings (SSSR count). The molecule has 1 spiro atoms. The molecule has 2 saturated heterocycles. The summed E-state index contributed by atoms with van der Waals surface area (Å²) in [6.07, 6.45) is 5.09. The molecule has 30 heavy (non-hydrogen) atoms. The van der Waals surface area contributed by atoms with E-state index in [1.165, 1.54) is 0 Å². The lowest BCUT2D eigenvalue weighted by atomic mass is 9.72. The van der Waals surface area contributed by atoms with Gasteiger partial charge in [0.2, 0.25) is 11.8 Å². The largest absolute Gasteiger partial charge is 0.420 e. The molecule has 7 nitrogen and oxygen atoms in total. The van der Waals surface area contributed by atoms with Crippen molar-refractivity contribution >= 4 is 17.5 Å². The van der Waals surface area contributed by atoms with Crippen molar-refractivity contribution in [1.82, 2.24) is 20.1 Å². The molecule has 3 aromatic rings. The first-order valence-electron chi connectivity index (χ1n) is 10.0. The molecule has 2 aliphatic heterocycles. The normalized spacial score (nSPS) is 20.6. The molecule has 1 unspecified atom stereocenters. The number of aromatic nitrogens is 3. The average Bonchev–Trinajstić information content (AvgIpc) is 3.40. The predicted octanol–water partition coefficient (Wildman–Crippen LogP) is 3.82. The summed E-state index contributed by atoms with van der Waals surface area (Å²) < 4.78 is 11.7. The topological polar surface area (TPSA) is 81.4 Å². The summed E-state index contributed by atoms with van der Waals surface area (Å²) in [6, 6.07) is 10.8. The Hall–Kier alpha value is -2.77. The molecule has 0 N–H and O–H groups in total. The van der Waals surface area contributed by atoms with E-state index in [2.05, 4.69) is 15.2 Å². The molecule has 8 heteroatoms. The maximum Gasteiger partial charge on any atom is 0.253 e. The van der Waals surface area contributed by atoms with Crippen molar-refractivity contribution in [3.8, 4) is 11.5 Å². The Balaban J connectivity index is 1.46. The lowest BCUT2D eigenvalue weighted by Gasteiger charge is -2.36. The van der Waals surface area contributed by atoms with E-state index in [0.29, 0.717) is 48.7 Å². The summed E-state index contributed by atoms with van der Waals surface area (Å²) >= 11 is 6.10. The van der Waals surface area contributed by atoms with Gasteiger partial charge in [-0.05, 0) is 43.2 Å². The Labute approximate surface area is 179 Å². The highest BCUT2D eigenvalue weighted by molar-refractivity contribution is 6.30. The van der Waals surface area contributed by atoms with Crippen molar-refractivity contribution in [2.24, 2.45) is 5.41 Å². The molecule has 1 amide bonds. The van der Waals surface area contributed by atoms with Gasteiger partial charge in [0.15, 0.2) is 0 Å². The summed E-state index contributed by atoms with van der Waals surface area (Å²) in [5.74, 6) is 0.978. The van der Waals surface area contributed by atoms with Crippen LogP contribution in [0.4, 0.5) is 0 Å². The number of carbonyl (C=O) groups is 1. The van der Waals surface area contributed by atoms with Crippen LogP contribution in [0.25, 0.3) is 11.5 Å². The van der Waals surface area contributed by atoms with Crippen LogP contribution in [-0.4, -0.2) is 52.3 Å². The Bertz CT molecular complexity index is 1050. The number of hydrogen-bond donors (Lipinski definition) is 0. The van der Waals surface area contributed by atoms with E-state index >= 15 is 0 Å². The maximum absolute atomic E-state index is 13.2. The predicted molar refractivity (Wildman–Crippen MR) is 110 cm³/mol. The van der Waals surface area contributed by atoms with Gasteiger partial charge in [0, 0.05) is 60.3 Å². The third-order valence-corrected chi connectivity index (χ3v) is 6.40. The van der Waals surface area contributed by atoms with Crippen molar-refractivity contribution in [2.75, 3.05) is 26.3 Å². The molecular weight excluding hydrogens is 404 g/mol. The van der Waals surface area contributed by atoms with Crippen molar-refractivity contribution in [2.45, 2.75) is 18.8 Å². The molecule has 1 atom stereocenters. The van der Waals surface area contributed by atoms with Crippen LogP contribution in [0.2, 0.25) is 5.02 Å². The van der Waals surface area contributed by atoms with Gasteiger partial charge >= 0.3 is 0 Å². The third-order valence-electron chi connectivity index (χ3n) is 6.16. The van der Waals surface area contributed by atoms with Crippen LogP contribution >= 0.6 is 11.6 Å². The van der Waals surface area contributed by atoms with Gasteiger partial charge < -0.3 is 14.1 Å². The summed E-state index contributed by atoms with van der Waals surface area (Å²) in [5, 5.41) is 9.17. The monoisotopic (exact) mass is 424 g/mol. The van der Waals surface area contributed by atoms with Crippen LogP contribution in [0.5, 0.6) is 0 Å². The number of likely N-dealkylation sites (tertiary alicyclic amines) is 1. The average molecular weight is 425 g/mol. The minimum atomic E-state index is -0.130. The molecular formula is C22H21ClN4O3. The van der Waals surface area contributed by atoms with E-state index < -0.39 is 0 Å². The van der Waals surface area contributed by atoms with Crippen LogP contribution in [0.15, 0.2) is 53.2 Å². The Morgan fingerprint density at radius 2 is 1.93 bits per heavy atom. The fourth-order valence-corrected chi connectivity index (χ4v) is 4.73. The molecule has 2 aromatic heterocycles. The number of pyridine rings is 1. The zero-order valence-electron chi connectivity index (χ0n) is 16.3. The van der Waals surface area contributed by atoms with Gasteiger partial charge in [0.25, 0.3) is 5.91 Å². The lowest BCUT2D eigenvalue weighted by molar-refractivity contribution is 0.00908. The van der Waals surface area contributed by atoms with Crippen LogP contribution in [0, 0.1) is 5.41 Å². The highest BCUT2D eigenvalue weighted by Crippen LogP contribution is 2.49. The summed E-state index contributed by atoms with van der Waals surface area (Å²) in [4.78, 5) is 19.1. The molecule has 2 fully saturated rings. The first-order valence-corrected chi connectivity index (χ1v) is 10.4. The summed E-state index contributed by atoms with van der Waals surface area (Å²) in [7, 11) is 0. The quantitative estimate of drug-likeness (QED) is 0.635. The number of amides is 1. The highest BCUT2D eigenvalue weighted by atomic mass is 35.5. The zero-order chi connectivity index (χ0) is 20.6. The van der Waals surface area contributed by atoms with E-state index in [1.807, 2.05) is 17.0 Å². The molecule has 0 bridgehead atoms. The SMILES string of the molecule is O=C(c1cccc(Cl)c1)N1CC(c2nnc(-c3ccncc3)o2)C2(CCOCC2)C1. The minimum absolute atomic E-state index is 0.0280. The van der Waals surface area contributed by atoms with Gasteiger partial charge in [-0.3, -0.25) is 9.78 Å². The van der Waals surface area contributed by atoms with E-state index in [-0.39, 0.29) is 17.2 Å². The van der Waals surface area contributed by atoms with Crippen LogP contribution < -0.4 is 0 Å². The fourth-order valence-electron chi connectivity index (χ4n) is 4.54. The van der Waals surface area contributed by atoms with Gasteiger partial charge in [0.1, 0.15) is 0 Å².